The summed E-state index contributed by atoms with van der Waals surface area (Å²) >= 11 is 0. The number of carbonyl (C=O) groups excluding carboxylic acids is 1. The van der Waals surface area contributed by atoms with Crippen LogP contribution >= 0.6 is 0 Å². The van der Waals surface area contributed by atoms with Crippen molar-refractivity contribution in [1.82, 2.24) is 15.5 Å². The third-order valence-corrected chi connectivity index (χ3v) is 4.45. The predicted molar refractivity (Wildman–Crippen MR) is 106 cm³/mol. The van der Waals surface area contributed by atoms with E-state index in [2.05, 4.69) is 15.5 Å². The molecule has 1 N–H and O–H groups in total. The zero-order valence-electron chi connectivity index (χ0n) is 15.5. The molecule has 0 aliphatic rings. The van der Waals surface area contributed by atoms with Crippen LogP contribution in [-0.2, 0) is 6.42 Å². The van der Waals surface area contributed by atoms with Crippen LogP contribution in [0.5, 0.6) is 0 Å². The average molecular weight is 387 g/mol. The van der Waals surface area contributed by atoms with Crippen molar-refractivity contribution in [2.45, 2.75) is 12.5 Å². The van der Waals surface area contributed by atoms with E-state index in [4.69, 9.17) is 4.52 Å². The van der Waals surface area contributed by atoms with Crippen LogP contribution in [0, 0.1) is 5.82 Å². The molecular formula is C23H18FN3O2. The number of hydrogen-bond acceptors (Lipinski definition) is 4. The molecule has 1 amide bonds. The van der Waals surface area contributed by atoms with Crippen molar-refractivity contribution in [2.75, 3.05) is 0 Å². The van der Waals surface area contributed by atoms with Gasteiger partial charge in [0.15, 0.2) is 0 Å². The maximum Gasteiger partial charge on any atom is 0.252 e. The highest BCUT2D eigenvalue weighted by atomic mass is 19.1. The van der Waals surface area contributed by atoms with Crippen molar-refractivity contribution < 1.29 is 13.7 Å². The van der Waals surface area contributed by atoms with Gasteiger partial charge in [-0.05, 0) is 23.8 Å². The molecule has 3 aromatic carbocycles. The first-order chi connectivity index (χ1) is 14.2. The van der Waals surface area contributed by atoms with Crippen LogP contribution in [-0.4, -0.2) is 16.0 Å². The maximum absolute atomic E-state index is 13.5. The first-order valence-corrected chi connectivity index (χ1v) is 9.18. The van der Waals surface area contributed by atoms with E-state index in [1.807, 2.05) is 60.7 Å². The molecule has 1 unspecified atom stereocenters. The molecule has 1 atom stereocenters. The Labute approximate surface area is 167 Å². The van der Waals surface area contributed by atoms with Gasteiger partial charge in [0.05, 0.1) is 0 Å². The molecule has 4 aromatic rings. The number of benzene rings is 3. The van der Waals surface area contributed by atoms with Gasteiger partial charge < -0.3 is 9.84 Å². The summed E-state index contributed by atoms with van der Waals surface area (Å²) in [5.41, 5.74) is 2.04. The molecule has 1 heterocycles. The van der Waals surface area contributed by atoms with E-state index in [-0.39, 0.29) is 11.5 Å². The Hall–Kier alpha value is -3.80. The third-order valence-electron chi connectivity index (χ3n) is 4.45. The lowest BCUT2D eigenvalue weighted by atomic mass is 10.1. The van der Waals surface area contributed by atoms with Crippen LogP contribution in [0.25, 0.3) is 11.4 Å². The summed E-state index contributed by atoms with van der Waals surface area (Å²) in [6, 6.07) is 24.1. The summed E-state index contributed by atoms with van der Waals surface area (Å²) < 4.78 is 19.0. The van der Waals surface area contributed by atoms with Gasteiger partial charge in [0, 0.05) is 17.5 Å². The van der Waals surface area contributed by atoms with E-state index in [1.165, 1.54) is 18.2 Å². The normalized spacial score (nSPS) is 11.8. The minimum Gasteiger partial charge on any atom is -0.340 e. The molecule has 1 aromatic heterocycles. The van der Waals surface area contributed by atoms with Crippen LogP contribution < -0.4 is 5.32 Å². The SMILES string of the molecule is O=C(NC(Cc1ccccc1)c1nc(-c2ccccc2)no1)c1cccc(F)c1. The fraction of sp³-hybridized carbons (Fsp3) is 0.0870. The molecule has 6 heteroatoms. The molecule has 4 rings (SSSR count). The Morgan fingerprint density at radius 3 is 2.41 bits per heavy atom. The summed E-state index contributed by atoms with van der Waals surface area (Å²) in [6.45, 7) is 0. The van der Waals surface area contributed by atoms with Crippen molar-refractivity contribution in [1.29, 1.82) is 0 Å². The van der Waals surface area contributed by atoms with Gasteiger partial charge in [0.2, 0.25) is 11.7 Å². The van der Waals surface area contributed by atoms with E-state index in [9.17, 15) is 9.18 Å². The first-order valence-electron chi connectivity index (χ1n) is 9.18. The Balaban J connectivity index is 1.62. The van der Waals surface area contributed by atoms with Gasteiger partial charge in [-0.1, -0.05) is 71.9 Å². The quantitative estimate of drug-likeness (QED) is 0.525. The first kappa shape index (κ1) is 18.6. The van der Waals surface area contributed by atoms with Crippen LogP contribution in [0.15, 0.2) is 89.5 Å². The molecule has 0 saturated heterocycles. The number of halogens is 1. The molecule has 144 valence electrons. The van der Waals surface area contributed by atoms with E-state index in [1.54, 1.807) is 6.07 Å². The van der Waals surface area contributed by atoms with Crippen molar-refractivity contribution in [2.24, 2.45) is 0 Å². The number of nitrogens with zero attached hydrogens (tertiary/aromatic N) is 2. The fourth-order valence-corrected chi connectivity index (χ4v) is 3.00. The minimum absolute atomic E-state index is 0.228. The van der Waals surface area contributed by atoms with Gasteiger partial charge in [-0.3, -0.25) is 4.79 Å². The molecule has 0 radical (unpaired) electrons. The monoisotopic (exact) mass is 387 g/mol. The zero-order chi connectivity index (χ0) is 20.1. The van der Waals surface area contributed by atoms with Gasteiger partial charge in [-0.2, -0.15) is 4.98 Å². The van der Waals surface area contributed by atoms with Gasteiger partial charge in [-0.15, -0.1) is 0 Å². The largest absolute Gasteiger partial charge is 0.340 e. The molecule has 0 aliphatic heterocycles. The summed E-state index contributed by atoms with van der Waals surface area (Å²) in [6.07, 6.45) is 0.457. The Kier molecular flexibility index (Phi) is 5.42. The highest BCUT2D eigenvalue weighted by molar-refractivity contribution is 5.94. The average Bonchev–Trinajstić information content (AvgIpc) is 3.25. The van der Waals surface area contributed by atoms with E-state index in [0.717, 1.165) is 11.1 Å². The number of amides is 1. The van der Waals surface area contributed by atoms with Crippen LogP contribution in [0.1, 0.15) is 27.9 Å². The number of aromatic nitrogens is 2. The lowest BCUT2D eigenvalue weighted by molar-refractivity contribution is 0.0927. The molecule has 29 heavy (non-hydrogen) atoms. The van der Waals surface area contributed by atoms with E-state index in [0.29, 0.717) is 12.2 Å². The fourth-order valence-electron chi connectivity index (χ4n) is 3.00. The maximum atomic E-state index is 13.5. The Morgan fingerprint density at radius 1 is 0.966 bits per heavy atom. The van der Waals surface area contributed by atoms with E-state index < -0.39 is 17.8 Å². The van der Waals surface area contributed by atoms with Crippen molar-refractivity contribution in [3.63, 3.8) is 0 Å². The molecule has 0 saturated carbocycles. The van der Waals surface area contributed by atoms with Crippen molar-refractivity contribution in [3.05, 3.63) is 108 Å². The lowest BCUT2D eigenvalue weighted by Gasteiger charge is -2.15. The second kappa shape index (κ2) is 8.48. The number of rotatable bonds is 6. The lowest BCUT2D eigenvalue weighted by Crippen LogP contribution is -2.30. The Morgan fingerprint density at radius 2 is 1.69 bits per heavy atom. The number of carbonyl (C=O) groups is 1. The van der Waals surface area contributed by atoms with Crippen molar-refractivity contribution in [3.8, 4) is 11.4 Å². The van der Waals surface area contributed by atoms with Crippen LogP contribution in [0.4, 0.5) is 4.39 Å². The van der Waals surface area contributed by atoms with E-state index >= 15 is 0 Å². The smallest absolute Gasteiger partial charge is 0.252 e. The second-order valence-corrected chi connectivity index (χ2v) is 6.55. The topological polar surface area (TPSA) is 68.0 Å². The van der Waals surface area contributed by atoms with Crippen molar-refractivity contribution >= 4 is 5.91 Å². The molecule has 0 bridgehead atoms. The molecule has 0 spiro atoms. The molecule has 5 nitrogen and oxygen atoms in total. The van der Waals surface area contributed by atoms with Crippen LogP contribution in [0.3, 0.4) is 0 Å². The second-order valence-electron chi connectivity index (χ2n) is 6.55. The summed E-state index contributed by atoms with van der Waals surface area (Å²) in [7, 11) is 0. The molecule has 0 fully saturated rings. The van der Waals surface area contributed by atoms with Gasteiger partial charge in [0.1, 0.15) is 11.9 Å². The van der Waals surface area contributed by atoms with Gasteiger partial charge in [0.25, 0.3) is 5.91 Å². The highest BCUT2D eigenvalue weighted by Gasteiger charge is 2.23. The summed E-state index contributed by atoms with van der Waals surface area (Å²) in [5, 5.41) is 6.93. The molecule has 0 aliphatic carbocycles. The van der Waals surface area contributed by atoms with Gasteiger partial charge in [-0.25, -0.2) is 4.39 Å². The highest BCUT2D eigenvalue weighted by Crippen LogP contribution is 2.22. The minimum atomic E-state index is -0.557. The Bertz CT molecular complexity index is 1100. The zero-order valence-corrected chi connectivity index (χ0v) is 15.5. The van der Waals surface area contributed by atoms with Crippen LogP contribution in [0.2, 0.25) is 0 Å². The molecular weight excluding hydrogens is 369 g/mol. The standard InChI is InChI=1S/C23H18FN3O2/c24-19-13-7-12-18(15-19)22(28)25-20(14-16-8-3-1-4-9-16)23-26-21(27-29-23)17-10-5-2-6-11-17/h1-13,15,20H,14H2,(H,25,28). The number of nitrogens with one attached hydrogen (secondary N) is 1. The van der Waals surface area contributed by atoms with Gasteiger partial charge >= 0.3 is 0 Å². The summed E-state index contributed by atoms with van der Waals surface area (Å²) in [5.74, 6) is -0.151. The number of hydrogen-bond donors (Lipinski definition) is 1. The third kappa shape index (κ3) is 4.55. The predicted octanol–water partition coefficient (Wildman–Crippen LogP) is 4.59. The summed E-state index contributed by atoms with van der Waals surface area (Å²) in [4.78, 5) is 17.2.